The Kier molecular flexibility index (Phi) is 10.9. The molecule has 0 spiro atoms. The molecular formula is C30H37FN4O5. The second-order valence-corrected chi connectivity index (χ2v) is 10.6. The average Bonchev–Trinajstić information content (AvgIpc) is 2.91. The molecular weight excluding hydrogens is 515 g/mol. The number of halogens is 1. The number of ether oxygens (including phenoxy) is 3. The van der Waals surface area contributed by atoms with Gasteiger partial charge in [0.1, 0.15) is 29.0 Å². The van der Waals surface area contributed by atoms with E-state index in [9.17, 15) is 19.2 Å². The Hall–Kier alpha value is -4.10. The van der Waals surface area contributed by atoms with Crippen molar-refractivity contribution in [1.29, 1.82) is 5.26 Å². The molecule has 2 N–H and O–H groups in total. The SMILES string of the molecule is COc1ccc(C#N)cc1C=CC(=O)N[C@H](CNC(=O)OC(C)(C)C)CN1CCC(Oc2ccc(F)cc2)CC1. The van der Waals surface area contributed by atoms with Crippen LogP contribution in [-0.4, -0.2) is 67.9 Å². The second-order valence-electron chi connectivity index (χ2n) is 10.6. The van der Waals surface area contributed by atoms with E-state index in [1.54, 1.807) is 57.2 Å². The van der Waals surface area contributed by atoms with Gasteiger partial charge >= 0.3 is 6.09 Å². The molecule has 2 aromatic rings. The van der Waals surface area contributed by atoms with E-state index in [-0.39, 0.29) is 24.4 Å². The van der Waals surface area contributed by atoms with E-state index in [0.29, 0.717) is 29.2 Å². The number of carbonyl (C=O) groups is 2. The van der Waals surface area contributed by atoms with E-state index in [0.717, 1.165) is 25.9 Å². The number of nitrogens with zero attached hydrogens (tertiary/aromatic N) is 2. The van der Waals surface area contributed by atoms with E-state index in [1.807, 2.05) is 0 Å². The number of benzene rings is 2. The number of alkyl carbamates (subject to hydrolysis) is 1. The minimum absolute atomic E-state index is 0.0109. The maximum absolute atomic E-state index is 13.2. The molecule has 0 saturated carbocycles. The van der Waals surface area contributed by atoms with Crippen molar-refractivity contribution in [3.05, 3.63) is 65.5 Å². The van der Waals surface area contributed by atoms with E-state index >= 15 is 0 Å². The topological polar surface area (TPSA) is 113 Å². The lowest BCUT2D eigenvalue weighted by Gasteiger charge is -2.34. The maximum atomic E-state index is 13.2. The van der Waals surface area contributed by atoms with Crippen LogP contribution in [-0.2, 0) is 9.53 Å². The smallest absolute Gasteiger partial charge is 0.407 e. The first-order valence-electron chi connectivity index (χ1n) is 13.2. The fraction of sp³-hybridized carbons (Fsp3) is 0.433. The van der Waals surface area contributed by atoms with Gasteiger partial charge < -0.3 is 29.7 Å². The number of nitrogens with one attached hydrogen (secondary N) is 2. The summed E-state index contributed by atoms with van der Waals surface area (Å²) in [4.78, 5) is 27.3. The van der Waals surface area contributed by atoms with Crippen LogP contribution in [0.25, 0.3) is 6.08 Å². The van der Waals surface area contributed by atoms with Crippen molar-refractivity contribution in [3.8, 4) is 17.6 Å². The van der Waals surface area contributed by atoms with Crippen LogP contribution in [0, 0.1) is 17.1 Å². The van der Waals surface area contributed by atoms with Crippen LogP contribution in [0.5, 0.6) is 11.5 Å². The predicted molar refractivity (Wildman–Crippen MR) is 149 cm³/mol. The Morgan fingerprint density at radius 3 is 2.50 bits per heavy atom. The number of carbonyl (C=O) groups excluding carboxylic acids is 2. The summed E-state index contributed by atoms with van der Waals surface area (Å²) in [6.07, 6.45) is 3.95. The molecule has 0 aromatic heterocycles. The van der Waals surface area contributed by atoms with Crippen LogP contribution >= 0.6 is 0 Å². The van der Waals surface area contributed by atoms with E-state index in [1.165, 1.54) is 25.3 Å². The third-order valence-corrected chi connectivity index (χ3v) is 6.14. The number of hydrogen-bond acceptors (Lipinski definition) is 7. The van der Waals surface area contributed by atoms with Crippen LogP contribution in [0.15, 0.2) is 48.5 Å². The van der Waals surface area contributed by atoms with Crippen molar-refractivity contribution >= 4 is 18.1 Å². The number of nitriles is 1. The van der Waals surface area contributed by atoms with Gasteiger partial charge in [-0.1, -0.05) is 0 Å². The Morgan fingerprint density at radius 1 is 1.18 bits per heavy atom. The van der Waals surface area contributed by atoms with E-state index < -0.39 is 17.7 Å². The van der Waals surface area contributed by atoms with Crippen LogP contribution in [0.4, 0.5) is 9.18 Å². The highest BCUT2D eigenvalue weighted by Crippen LogP contribution is 2.22. The Morgan fingerprint density at radius 2 is 1.88 bits per heavy atom. The molecule has 1 aliphatic heterocycles. The lowest BCUT2D eigenvalue weighted by Crippen LogP contribution is -2.52. The van der Waals surface area contributed by atoms with Crippen molar-refractivity contribution in [2.24, 2.45) is 0 Å². The monoisotopic (exact) mass is 552 g/mol. The zero-order chi connectivity index (χ0) is 29.1. The minimum Gasteiger partial charge on any atom is -0.496 e. The molecule has 1 atom stereocenters. The second kappa shape index (κ2) is 14.3. The van der Waals surface area contributed by atoms with E-state index in [2.05, 4.69) is 21.6 Å². The Bertz CT molecular complexity index is 1210. The van der Waals surface area contributed by atoms with Crippen molar-refractivity contribution < 1.29 is 28.2 Å². The van der Waals surface area contributed by atoms with Gasteiger partial charge in [-0.3, -0.25) is 4.79 Å². The molecule has 0 radical (unpaired) electrons. The first-order chi connectivity index (χ1) is 19.0. The molecule has 1 aliphatic rings. The van der Waals surface area contributed by atoms with Gasteiger partial charge in [-0.2, -0.15) is 5.26 Å². The highest BCUT2D eigenvalue weighted by molar-refractivity contribution is 5.92. The highest BCUT2D eigenvalue weighted by Gasteiger charge is 2.24. The predicted octanol–water partition coefficient (Wildman–Crippen LogP) is 4.27. The molecule has 1 saturated heterocycles. The highest BCUT2D eigenvalue weighted by atomic mass is 19.1. The molecule has 214 valence electrons. The molecule has 40 heavy (non-hydrogen) atoms. The number of amides is 2. The van der Waals surface area contributed by atoms with Crippen LogP contribution in [0.3, 0.4) is 0 Å². The minimum atomic E-state index is -0.644. The van der Waals surface area contributed by atoms with Crippen LogP contribution in [0.2, 0.25) is 0 Å². The standard InChI is InChI=1S/C30H37FN4O5/c1-30(2,3)40-29(37)33-19-24(34-28(36)12-6-22-17-21(18-32)5-11-27(22)38-4)20-35-15-13-26(14-16-35)39-25-9-7-23(31)8-10-25/h5-12,17,24,26H,13-16,19-20H2,1-4H3,(H,33,37)(H,34,36)/t24-/m1/s1. The van der Waals surface area contributed by atoms with Gasteiger partial charge in [-0.05, 0) is 82.2 Å². The Labute approximate surface area is 234 Å². The number of likely N-dealkylation sites (tertiary alicyclic amines) is 1. The molecule has 3 rings (SSSR count). The third kappa shape index (κ3) is 10.2. The van der Waals surface area contributed by atoms with E-state index in [4.69, 9.17) is 14.2 Å². The zero-order valence-electron chi connectivity index (χ0n) is 23.4. The fourth-order valence-electron chi connectivity index (χ4n) is 4.26. The van der Waals surface area contributed by atoms with Crippen molar-refractivity contribution in [2.75, 3.05) is 33.3 Å². The molecule has 2 aromatic carbocycles. The maximum Gasteiger partial charge on any atom is 0.407 e. The first kappa shape index (κ1) is 30.4. The number of piperidine rings is 1. The first-order valence-corrected chi connectivity index (χ1v) is 13.2. The quantitative estimate of drug-likeness (QED) is 0.423. The Balaban J connectivity index is 1.60. The summed E-state index contributed by atoms with van der Waals surface area (Å²) in [5.74, 6) is 0.516. The van der Waals surface area contributed by atoms with Gasteiger partial charge in [0.25, 0.3) is 0 Å². The summed E-state index contributed by atoms with van der Waals surface area (Å²) in [6, 6.07) is 12.6. The number of rotatable bonds is 10. The summed E-state index contributed by atoms with van der Waals surface area (Å²) in [5.41, 5.74) is 0.407. The van der Waals surface area contributed by atoms with Crippen molar-refractivity contribution in [2.45, 2.75) is 51.4 Å². The molecule has 0 aliphatic carbocycles. The fourth-order valence-corrected chi connectivity index (χ4v) is 4.26. The molecule has 0 unspecified atom stereocenters. The lowest BCUT2D eigenvalue weighted by molar-refractivity contribution is -0.117. The van der Waals surface area contributed by atoms with Crippen molar-refractivity contribution in [3.63, 3.8) is 0 Å². The molecule has 1 fully saturated rings. The zero-order valence-corrected chi connectivity index (χ0v) is 23.4. The third-order valence-electron chi connectivity index (χ3n) is 6.14. The molecule has 10 heteroatoms. The van der Waals surface area contributed by atoms with Gasteiger partial charge in [-0.15, -0.1) is 0 Å². The summed E-state index contributed by atoms with van der Waals surface area (Å²) >= 11 is 0. The molecule has 0 bridgehead atoms. The molecule has 1 heterocycles. The summed E-state index contributed by atoms with van der Waals surface area (Å²) in [7, 11) is 1.52. The molecule has 9 nitrogen and oxygen atoms in total. The van der Waals surface area contributed by atoms with Gasteiger partial charge in [0.2, 0.25) is 5.91 Å². The largest absolute Gasteiger partial charge is 0.496 e. The van der Waals surface area contributed by atoms with Gasteiger partial charge in [0.05, 0.1) is 24.8 Å². The van der Waals surface area contributed by atoms with Gasteiger partial charge in [-0.25, -0.2) is 9.18 Å². The summed E-state index contributed by atoms with van der Waals surface area (Å²) < 4.78 is 29.8. The van der Waals surface area contributed by atoms with Gasteiger partial charge in [0, 0.05) is 37.8 Å². The van der Waals surface area contributed by atoms with Crippen molar-refractivity contribution in [1.82, 2.24) is 15.5 Å². The van der Waals surface area contributed by atoms with Crippen LogP contribution in [0.1, 0.15) is 44.7 Å². The van der Waals surface area contributed by atoms with Crippen LogP contribution < -0.4 is 20.1 Å². The van der Waals surface area contributed by atoms with Gasteiger partial charge in [0.15, 0.2) is 0 Å². The summed E-state index contributed by atoms with van der Waals surface area (Å²) in [6.45, 7) is 7.50. The molecule has 2 amide bonds. The number of hydrogen-bond donors (Lipinski definition) is 2. The number of methoxy groups -OCH3 is 1. The summed E-state index contributed by atoms with van der Waals surface area (Å²) in [5, 5.41) is 14.9. The normalized spacial score (nSPS) is 15.2. The lowest BCUT2D eigenvalue weighted by atomic mass is 10.1. The average molecular weight is 553 g/mol.